The van der Waals surface area contributed by atoms with Gasteiger partial charge in [-0.3, -0.25) is 14.4 Å². The van der Waals surface area contributed by atoms with Crippen molar-refractivity contribution in [1.29, 1.82) is 0 Å². The second kappa shape index (κ2) is 11.6. The largest absolute Gasteiger partial charge is 0.383 e. The van der Waals surface area contributed by atoms with Crippen molar-refractivity contribution in [3.63, 3.8) is 0 Å². The lowest BCUT2D eigenvalue weighted by Gasteiger charge is -2.20. The highest BCUT2D eigenvalue weighted by atomic mass is 16.5. The number of rotatable bonds is 9. The van der Waals surface area contributed by atoms with E-state index in [9.17, 15) is 4.79 Å². The molecule has 0 radical (unpaired) electrons. The number of carbonyl (C=O) groups is 1. The molecule has 0 spiro atoms. The maximum Gasteiger partial charge on any atom is 0.238 e. The molecule has 3 aromatic heterocycles. The van der Waals surface area contributed by atoms with Crippen LogP contribution in [0.15, 0.2) is 47.4 Å². The van der Waals surface area contributed by atoms with Crippen LogP contribution in [0, 0.1) is 0 Å². The maximum atomic E-state index is 13.3. The summed E-state index contributed by atoms with van der Waals surface area (Å²) in [5.74, 6) is 1.05. The minimum Gasteiger partial charge on any atom is -0.383 e. The zero-order valence-corrected chi connectivity index (χ0v) is 23.7. The standard InChI is InChI=1S/C29H36N8O3/c1-29(2,3)27-34-26(35-40-27)25(38)15-19-9-11-37(12-13-39-5)17-21-14-20(6-7-23(19)21)24-8-10-30-28(33-24)32-22-16-31-36(4)18-22/h6-8,10,14,16,18-19H,9,11-13,15,17H2,1-5H3,(H,30,32,33). The Hall–Kier alpha value is -3.96. The zero-order valence-electron chi connectivity index (χ0n) is 23.7. The highest BCUT2D eigenvalue weighted by molar-refractivity contribution is 5.93. The van der Waals surface area contributed by atoms with Crippen molar-refractivity contribution in [2.45, 2.75) is 51.5 Å². The van der Waals surface area contributed by atoms with Crippen LogP contribution in [-0.2, 0) is 23.7 Å². The zero-order chi connectivity index (χ0) is 28.3. The molecule has 1 N–H and O–H groups in total. The Labute approximate surface area is 234 Å². The molecular formula is C29H36N8O3. The average molecular weight is 545 g/mol. The Kier molecular flexibility index (Phi) is 8.04. The number of ketones is 1. The van der Waals surface area contributed by atoms with E-state index in [1.54, 1.807) is 24.2 Å². The van der Waals surface area contributed by atoms with Gasteiger partial charge in [0.1, 0.15) is 0 Å². The predicted molar refractivity (Wildman–Crippen MR) is 150 cm³/mol. The second-order valence-corrected chi connectivity index (χ2v) is 11.3. The van der Waals surface area contributed by atoms with Gasteiger partial charge in [0.2, 0.25) is 23.4 Å². The van der Waals surface area contributed by atoms with Gasteiger partial charge in [0.05, 0.1) is 24.2 Å². The maximum absolute atomic E-state index is 13.3. The monoisotopic (exact) mass is 544 g/mol. The van der Waals surface area contributed by atoms with Gasteiger partial charge in [-0.2, -0.15) is 10.1 Å². The van der Waals surface area contributed by atoms with Crippen LogP contribution in [0.2, 0.25) is 0 Å². The summed E-state index contributed by atoms with van der Waals surface area (Å²) >= 11 is 0. The third-order valence-corrected chi connectivity index (χ3v) is 7.04. The van der Waals surface area contributed by atoms with E-state index in [0.717, 1.165) is 43.0 Å². The summed E-state index contributed by atoms with van der Waals surface area (Å²) in [5.41, 5.74) is 4.65. The van der Waals surface area contributed by atoms with E-state index < -0.39 is 0 Å². The molecule has 11 nitrogen and oxygen atoms in total. The molecule has 0 aliphatic carbocycles. The molecule has 1 atom stereocenters. The smallest absolute Gasteiger partial charge is 0.238 e. The van der Waals surface area contributed by atoms with E-state index in [1.807, 2.05) is 40.1 Å². The topological polar surface area (TPSA) is 124 Å². The minimum atomic E-state index is -0.312. The van der Waals surface area contributed by atoms with E-state index in [1.165, 1.54) is 11.1 Å². The first-order valence-corrected chi connectivity index (χ1v) is 13.5. The van der Waals surface area contributed by atoms with Gasteiger partial charge in [0.25, 0.3) is 0 Å². The Morgan fingerprint density at radius 1 is 1.23 bits per heavy atom. The number of Topliss-reactive ketones (excluding diaryl/α,β-unsaturated/α-hetero) is 1. The van der Waals surface area contributed by atoms with Gasteiger partial charge < -0.3 is 14.6 Å². The number of fused-ring (bicyclic) bond motifs is 1. The fraction of sp³-hybridized carbons (Fsp3) is 0.448. The van der Waals surface area contributed by atoms with Crippen LogP contribution < -0.4 is 5.32 Å². The summed E-state index contributed by atoms with van der Waals surface area (Å²) < 4.78 is 12.5. The number of nitrogens with one attached hydrogen (secondary N) is 1. The number of nitrogens with zero attached hydrogens (tertiary/aromatic N) is 7. The summed E-state index contributed by atoms with van der Waals surface area (Å²) in [6, 6.07) is 8.29. The summed E-state index contributed by atoms with van der Waals surface area (Å²) in [4.78, 5) is 29.1. The molecule has 1 aliphatic heterocycles. The minimum absolute atomic E-state index is 0.0360. The molecule has 40 heavy (non-hydrogen) atoms. The quantitative estimate of drug-likeness (QED) is 0.301. The molecule has 0 fully saturated rings. The van der Waals surface area contributed by atoms with Crippen LogP contribution in [0.4, 0.5) is 11.6 Å². The lowest BCUT2D eigenvalue weighted by molar-refractivity contribution is 0.0956. The highest BCUT2D eigenvalue weighted by Crippen LogP contribution is 2.35. The van der Waals surface area contributed by atoms with E-state index >= 15 is 0 Å². The van der Waals surface area contributed by atoms with Crippen LogP contribution in [0.3, 0.4) is 0 Å². The molecule has 210 valence electrons. The molecule has 1 unspecified atom stereocenters. The first-order valence-electron chi connectivity index (χ1n) is 13.5. The summed E-state index contributed by atoms with van der Waals surface area (Å²) in [6.45, 7) is 9.03. The molecule has 11 heteroatoms. The Bertz CT molecular complexity index is 1470. The Morgan fingerprint density at radius 3 is 2.80 bits per heavy atom. The number of ether oxygens (including phenoxy) is 1. The fourth-order valence-electron chi connectivity index (χ4n) is 4.89. The summed E-state index contributed by atoms with van der Waals surface area (Å²) in [6.07, 6.45) is 6.51. The molecule has 4 heterocycles. The van der Waals surface area contributed by atoms with Crippen molar-refractivity contribution in [3.8, 4) is 11.3 Å². The van der Waals surface area contributed by atoms with Gasteiger partial charge in [-0.15, -0.1) is 0 Å². The lowest BCUT2D eigenvalue weighted by atomic mass is 9.87. The SMILES string of the molecule is COCCN1CCC(CC(=O)c2noc(C(C)(C)C)n2)c2ccc(-c3ccnc(Nc4cnn(C)c4)n3)cc2C1. The van der Waals surface area contributed by atoms with Gasteiger partial charge in [0.15, 0.2) is 0 Å². The van der Waals surface area contributed by atoms with E-state index in [4.69, 9.17) is 14.2 Å². The number of aromatic nitrogens is 6. The second-order valence-electron chi connectivity index (χ2n) is 11.3. The van der Waals surface area contributed by atoms with Gasteiger partial charge in [-0.1, -0.05) is 38.1 Å². The summed E-state index contributed by atoms with van der Waals surface area (Å²) in [7, 11) is 3.58. The van der Waals surface area contributed by atoms with Crippen molar-refractivity contribution in [2.24, 2.45) is 7.05 Å². The normalized spacial score (nSPS) is 16.0. The number of hydrogen-bond acceptors (Lipinski definition) is 10. The van der Waals surface area contributed by atoms with Gasteiger partial charge in [-0.05, 0) is 42.1 Å². The Morgan fingerprint density at radius 2 is 2.08 bits per heavy atom. The predicted octanol–water partition coefficient (Wildman–Crippen LogP) is 4.51. The first-order chi connectivity index (χ1) is 19.2. The van der Waals surface area contributed by atoms with Crippen LogP contribution in [0.1, 0.15) is 67.2 Å². The van der Waals surface area contributed by atoms with Crippen molar-refractivity contribution in [3.05, 3.63) is 65.7 Å². The average Bonchev–Trinajstić information content (AvgIpc) is 3.55. The number of hydrogen-bond donors (Lipinski definition) is 1. The van der Waals surface area contributed by atoms with Crippen molar-refractivity contribution in [1.82, 2.24) is 34.8 Å². The van der Waals surface area contributed by atoms with Crippen LogP contribution in [-0.4, -0.2) is 67.4 Å². The van der Waals surface area contributed by atoms with Crippen LogP contribution in [0.5, 0.6) is 0 Å². The fourth-order valence-corrected chi connectivity index (χ4v) is 4.89. The van der Waals surface area contributed by atoms with Crippen LogP contribution in [0.25, 0.3) is 11.3 Å². The van der Waals surface area contributed by atoms with Crippen molar-refractivity contribution < 1.29 is 14.1 Å². The number of carbonyl (C=O) groups excluding carboxylic acids is 1. The molecule has 0 saturated carbocycles. The van der Waals surface area contributed by atoms with Crippen molar-refractivity contribution in [2.75, 3.05) is 32.1 Å². The molecule has 0 amide bonds. The number of anilines is 2. The van der Waals surface area contributed by atoms with E-state index in [-0.39, 0.29) is 22.9 Å². The number of benzene rings is 1. The first kappa shape index (κ1) is 27.6. The number of methoxy groups -OCH3 is 1. The third-order valence-electron chi connectivity index (χ3n) is 7.04. The molecule has 0 bridgehead atoms. The van der Waals surface area contributed by atoms with Crippen molar-refractivity contribution >= 4 is 17.4 Å². The molecule has 5 rings (SSSR count). The molecular weight excluding hydrogens is 508 g/mol. The molecule has 0 saturated heterocycles. The molecule has 4 aromatic rings. The third kappa shape index (κ3) is 6.43. The van der Waals surface area contributed by atoms with Gasteiger partial charge in [-0.25, -0.2) is 9.97 Å². The lowest BCUT2D eigenvalue weighted by Crippen LogP contribution is -2.27. The highest BCUT2D eigenvalue weighted by Gasteiger charge is 2.29. The molecule has 1 aromatic carbocycles. The van der Waals surface area contributed by atoms with E-state index in [2.05, 4.69) is 48.6 Å². The summed E-state index contributed by atoms with van der Waals surface area (Å²) in [5, 5.41) is 11.4. The van der Waals surface area contributed by atoms with Gasteiger partial charge >= 0.3 is 0 Å². The number of aryl methyl sites for hydroxylation is 1. The van der Waals surface area contributed by atoms with E-state index in [0.29, 0.717) is 24.9 Å². The van der Waals surface area contributed by atoms with Crippen LogP contribution >= 0.6 is 0 Å². The molecule has 1 aliphatic rings. The van der Waals surface area contributed by atoms with Gasteiger partial charge in [0, 0.05) is 57.0 Å². The Balaban J connectivity index is 1.41.